The van der Waals surface area contributed by atoms with Crippen molar-refractivity contribution in [1.82, 2.24) is 9.30 Å². The molecule has 0 radical (unpaired) electrons. The van der Waals surface area contributed by atoms with Crippen molar-refractivity contribution in [3.05, 3.63) is 53.3 Å². The van der Waals surface area contributed by atoms with Gasteiger partial charge in [0.25, 0.3) is 0 Å². The second kappa shape index (κ2) is 8.61. The van der Waals surface area contributed by atoms with E-state index in [0.29, 0.717) is 30.3 Å². The summed E-state index contributed by atoms with van der Waals surface area (Å²) in [4.78, 5) is 14.3. The van der Waals surface area contributed by atoms with E-state index in [1.54, 1.807) is 20.3 Å². The summed E-state index contributed by atoms with van der Waals surface area (Å²) >= 11 is 0. The van der Waals surface area contributed by atoms with Crippen LogP contribution in [0.25, 0.3) is 16.6 Å². The number of fused-ring (bicyclic) bond motifs is 1. The zero-order valence-electron chi connectivity index (χ0n) is 18.3. The summed E-state index contributed by atoms with van der Waals surface area (Å²) in [6.45, 7) is 7.04. The maximum atomic E-state index is 12.0. The number of carboxylic acids is 1. The van der Waals surface area contributed by atoms with Crippen molar-refractivity contribution in [3.8, 4) is 22.6 Å². The van der Waals surface area contributed by atoms with Crippen LogP contribution in [0.4, 0.5) is 0 Å². The maximum absolute atomic E-state index is 12.0. The third kappa shape index (κ3) is 3.98. The van der Waals surface area contributed by atoms with E-state index in [2.05, 4.69) is 22.4 Å². The molecule has 0 spiro atoms. The van der Waals surface area contributed by atoms with Gasteiger partial charge in [-0.3, -0.25) is 4.90 Å². The first-order valence-electron chi connectivity index (χ1n) is 10.4. The molecule has 7 heteroatoms. The molecule has 7 nitrogen and oxygen atoms in total. The highest BCUT2D eigenvalue weighted by Gasteiger charge is 2.25. The number of hydrogen-bond donors (Lipinski definition) is 1. The summed E-state index contributed by atoms with van der Waals surface area (Å²) in [7, 11) is 3.25. The second-order valence-electron chi connectivity index (χ2n) is 7.82. The number of nitrogens with zero attached hydrogens (tertiary/aromatic N) is 2. The number of pyridine rings is 1. The number of rotatable bonds is 6. The van der Waals surface area contributed by atoms with Gasteiger partial charge in [-0.25, -0.2) is 4.79 Å². The number of ether oxygens (including phenoxy) is 3. The van der Waals surface area contributed by atoms with Crippen LogP contribution < -0.4 is 9.47 Å². The minimum Gasteiger partial charge on any atom is -0.497 e. The molecule has 0 bridgehead atoms. The Hall–Kier alpha value is -3.03. The van der Waals surface area contributed by atoms with Crippen molar-refractivity contribution in [2.75, 3.05) is 40.5 Å². The summed E-state index contributed by atoms with van der Waals surface area (Å²) in [6, 6.07) is 9.54. The molecule has 1 aromatic carbocycles. The normalized spacial score (nSPS) is 15.7. The van der Waals surface area contributed by atoms with Gasteiger partial charge < -0.3 is 23.7 Å². The standard InChI is InChI=1S/C24H28N2O5/c1-15-22(24(27)28)12-19-9-18(17-10-20(29-3)13-21(11-17)30-4)14-26(19)23(15)16(2)25-5-7-31-8-6-25/h9-14,16H,5-8H2,1-4H3,(H,27,28). The number of carbonyl (C=O) groups is 1. The van der Waals surface area contributed by atoms with Crippen molar-refractivity contribution in [3.63, 3.8) is 0 Å². The topological polar surface area (TPSA) is 72.6 Å². The fraction of sp³-hybridized carbons (Fsp3) is 0.375. The van der Waals surface area contributed by atoms with Gasteiger partial charge in [0.15, 0.2) is 0 Å². The number of aromatic nitrogens is 1. The lowest BCUT2D eigenvalue weighted by molar-refractivity contribution is 0.0187. The summed E-state index contributed by atoms with van der Waals surface area (Å²) in [5, 5.41) is 9.83. The summed E-state index contributed by atoms with van der Waals surface area (Å²) in [5.74, 6) is 0.490. The zero-order chi connectivity index (χ0) is 22.1. The molecule has 4 rings (SSSR count). The van der Waals surface area contributed by atoms with Gasteiger partial charge in [-0.15, -0.1) is 0 Å². The summed E-state index contributed by atoms with van der Waals surface area (Å²) in [5.41, 5.74) is 4.85. The molecular weight excluding hydrogens is 396 g/mol. The van der Waals surface area contributed by atoms with Crippen LogP contribution in [-0.4, -0.2) is 60.9 Å². The van der Waals surface area contributed by atoms with Crippen molar-refractivity contribution < 1.29 is 24.1 Å². The molecule has 1 N–H and O–H groups in total. The van der Waals surface area contributed by atoms with E-state index in [4.69, 9.17) is 14.2 Å². The SMILES string of the molecule is COc1cc(OC)cc(-c2cc3cc(C(=O)O)c(C)c(C(C)N4CCOCC4)n3c2)c1. The lowest BCUT2D eigenvalue weighted by atomic mass is 10.0. The van der Waals surface area contributed by atoms with Gasteiger partial charge in [0.1, 0.15) is 11.5 Å². The third-order valence-electron chi connectivity index (χ3n) is 6.09. The van der Waals surface area contributed by atoms with Crippen LogP contribution in [0.1, 0.15) is 34.6 Å². The Morgan fingerprint density at radius 1 is 1.03 bits per heavy atom. The highest BCUT2D eigenvalue weighted by molar-refractivity contribution is 5.92. The largest absolute Gasteiger partial charge is 0.497 e. The molecule has 1 fully saturated rings. The van der Waals surface area contributed by atoms with Crippen molar-refractivity contribution >= 4 is 11.5 Å². The van der Waals surface area contributed by atoms with E-state index in [9.17, 15) is 9.90 Å². The van der Waals surface area contributed by atoms with E-state index in [1.807, 2.05) is 31.2 Å². The average molecular weight is 424 g/mol. The van der Waals surface area contributed by atoms with Crippen molar-refractivity contribution in [1.29, 1.82) is 0 Å². The second-order valence-corrected chi connectivity index (χ2v) is 7.82. The molecule has 31 heavy (non-hydrogen) atoms. The maximum Gasteiger partial charge on any atom is 0.336 e. The number of hydrogen-bond acceptors (Lipinski definition) is 5. The van der Waals surface area contributed by atoms with Crippen LogP contribution in [0.2, 0.25) is 0 Å². The Bertz CT molecular complexity index is 1090. The predicted octanol–water partition coefficient (Wildman–Crippen LogP) is 4.02. The summed E-state index contributed by atoms with van der Waals surface area (Å²) in [6.07, 6.45) is 2.06. The third-order valence-corrected chi connectivity index (χ3v) is 6.09. The van der Waals surface area contributed by atoms with Gasteiger partial charge in [-0.1, -0.05) is 0 Å². The molecular formula is C24H28N2O5. The smallest absolute Gasteiger partial charge is 0.336 e. The Morgan fingerprint density at radius 3 is 2.26 bits per heavy atom. The molecule has 164 valence electrons. The summed E-state index contributed by atoms with van der Waals surface area (Å²) < 4.78 is 18.5. The first-order chi connectivity index (χ1) is 14.9. The van der Waals surface area contributed by atoms with Crippen LogP contribution in [0.15, 0.2) is 36.5 Å². The number of carboxylic acid groups (broad SMARTS) is 1. The zero-order valence-corrected chi connectivity index (χ0v) is 18.3. The molecule has 0 amide bonds. The Kier molecular flexibility index (Phi) is 5.89. The molecule has 0 aliphatic carbocycles. The molecule has 3 heterocycles. The highest BCUT2D eigenvalue weighted by atomic mass is 16.5. The minimum atomic E-state index is -0.916. The number of benzene rings is 1. The fourth-order valence-electron chi connectivity index (χ4n) is 4.38. The first-order valence-corrected chi connectivity index (χ1v) is 10.4. The van der Waals surface area contributed by atoms with Gasteiger partial charge in [-0.2, -0.15) is 0 Å². The lowest BCUT2D eigenvalue weighted by Crippen LogP contribution is -2.39. The molecule has 1 aliphatic rings. The molecule has 1 aliphatic heterocycles. The van der Waals surface area contributed by atoms with E-state index in [1.165, 1.54) is 0 Å². The van der Waals surface area contributed by atoms with Crippen LogP contribution >= 0.6 is 0 Å². The van der Waals surface area contributed by atoms with E-state index >= 15 is 0 Å². The van der Waals surface area contributed by atoms with Gasteiger partial charge in [0, 0.05) is 48.2 Å². The molecule has 1 atom stereocenters. The monoisotopic (exact) mass is 424 g/mol. The van der Waals surface area contributed by atoms with E-state index < -0.39 is 5.97 Å². The number of aromatic carboxylic acids is 1. The van der Waals surface area contributed by atoms with E-state index in [-0.39, 0.29) is 6.04 Å². The van der Waals surface area contributed by atoms with Crippen molar-refractivity contribution in [2.45, 2.75) is 19.9 Å². The molecule has 1 unspecified atom stereocenters. The van der Waals surface area contributed by atoms with Gasteiger partial charge in [-0.05, 0) is 49.2 Å². The number of methoxy groups -OCH3 is 2. The molecule has 3 aromatic rings. The Morgan fingerprint density at radius 2 is 1.68 bits per heavy atom. The molecule has 0 saturated carbocycles. The fourth-order valence-corrected chi connectivity index (χ4v) is 4.38. The Labute approximate surface area is 181 Å². The quantitative estimate of drug-likeness (QED) is 0.644. The highest BCUT2D eigenvalue weighted by Crippen LogP contribution is 2.34. The number of morpholine rings is 1. The predicted molar refractivity (Wildman–Crippen MR) is 118 cm³/mol. The van der Waals surface area contributed by atoms with Gasteiger partial charge in [0.05, 0.1) is 33.0 Å². The van der Waals surface area contributed by atoms with Crippen LogP contribution in [0, 0.1) is 6.92 Å². The van der Waals surface area contributed by atoms with E-state index in [0.717, 1.165) is 41.0 Å². The average Bonchev–Trinajstić information content (AvgIpc) is 3.22. The van der Waals surface area contributed by atoms with Crippen LogP contribution in [0.3, 0.4) is 0 Å². The van der Waals surface area contributed by atoms with Crippen molar-refractivity contribution in [2.24, 2.45) is 0 Å². The minimum absolute atomic E-state index is 0.0470. The van der Waals surface area contributed by atoms with Crippen LogP contribution in [0.5, 0.6) is 11.5 Å². The molecule has 1 saturated heterocycles. The first kappa shape index (κ1) is 21.2. The van der Waals surface area contributed by atoms with Gasteiger partial charge >= 0.3 is 5.97 Å². The molecule has 2 aromatic heterocycles. The van der Waals surface area contributed by atoms with Gasteiger partial charge in [0.2, 0.25) is 0 Å². The lowest BCUT2D eigenvalue weighted by Gasteiger charge is -2.34. The Balaban J connectivity index is 1.89. The van der Waals surface area contributed by atoms with Crippen LogP contribution in [-0.2, 0) is 4.74 Å².